The zero-order chi connectivity index (χ0) is 8.32. The summed E-state index contributed by atoms with van der Waals surface area (Å²) in [6.07, 6.45) is 0. The van der Waals surface area contributed by atoms with Gasteiger partial charge >= 0.3 is 5.97 Å². The highest BCUT2D eigenvalue weighted by molar-refractivity contribution is 5.71. The van der Waals surface area contributed by atoms with Gasteiger partial charge in [0.2, 0.25) is 0 Å². The first-order valence-electron chi connectivity index (χ1n) is 3.60. The minimum absolute atomic E-state index is 0.0326. The van der Waals surface area contributed by atoms with Crippen LogP contribution in [0.2, 0.25) is 0 Å². The van der Waals surface area contributed by atoms with Gasteiger partial charge in [0.05, 0.1) is 19.8 Å². The van der Waals surface area contributed by atoms with Gasteiger partial charge in [-0.25, -0.2) is 0 Å². The predicted octanol–water partition coefficient (Wildman–Crippen LogP) is -0.475. The van der Waals surface area contributed by atoms with Crippen molar-refractivity contribution in [2.75, 3.05) is 26.4 Å². The van der Waals surface area contributed by atoms with Crippen LogP contribution in [0.5, 0.6) is 0 Å². The molecule has 0 aromatic heterocycles. The molecule has 4 nitrogen and oxygen atoms in total. The SMILES string of the molecule is CC1(COC(=O)CN)COC1. The molecule has 0 amide bonds. The topological polar surface area (TPSA) is 61.5 Å². The third-order valence-electron chi connectivity index (χ3n) is 1.65. The third-order valence-corrected chi connectivity index (χ3v) is 1.65. The summed E-state index contributed by atoms with van der Waals surface area (Å²) in [6, 6.07) is 0. The van der Waals surface area contributed by atoms with E-state index in [1.54, 1.807) is 0 Å². The van der Waals surface area contributed by atoms with Gasteiger partial charge in [0.15, 0.2) is 0 Å². The largest absolute Gasteiger partial charge is 0.464 e. The van der Waals surface area contributed by atoms with Crippen LogP contribution in [0.1, 0.15) is 6.92 Å². The molecule has 11 heavy (non-hydrogen) atoms. The second-order valence-electron chi connectivity index (χ2n) is 3.17. The number of nitrogens with two attached hydrogens (primary N) is 1. The molecule has 1 aliphatic heterocycles. The normalized spacial score (nSPS) is 20.5. The lowest BCUT2D eigenvalue weighted by atomic mass is 9.90. The van der Waals surface area contributed by atoms with Gasteiger partial charge in [-0.1, -0.05) is 6.92 Å². The Morgan fingerprint density at radius 3 is 2.73 bits per heavy atom. The Morgan fingerprint density at radius 1 is 1.73 bits per heavy atom. The molecule has 0 bridgehead atoms. The second-order valence-corrected chi connectivity index (χ2v) is 3.17. The van der Waals surface area contributed by atoms with E-state index >= 15 is 0 Å². The van der Waals surface area contributed by atoms with Crippen LogP contribution >= 0.6 is 0 Å². The Hall–Kier alpha value is -0.610. The van der Waals surface area contributed by atoms with Crippen molar-refractivity contribution in [3.8, 4) is 0 Å². The summed E-state index contributed by atoms with van der Waals surface area (Å²) in [4.78, 5) is 10.6. The molecule has 0 unspecified atom stereocenters. The van der Waals surface area contributed by atoms with Crippen molar-refractivity contribution in [3.05, 3.63) is 0 Å². The summed E-state index contributed by atoms with van der Waals surface area (Å²) in [5.74, 6) is -0.349. The lowest BCUT2D eigenvalue weighted by Crippen LogP contribution is -2.44. The minimum Gasteiger partial charge on any atom is -0.464 e. The molecule has 0 aromatic rings. The predicted molar refractivity (Wildman–Crippen MR) is 38.9 cm³/mol. The van der Waals surface area contributed by atoms with Crippen LogP contribution in [-0.4, -0.2) is 32.3 Å². The summed E-state index contributed by atoms with van der Waals surface area (Å²) in [6.45, 7) is 3.73. The highest BCUT2D eigenvalue weighted by Crippen LogP contribution is 2.26. The van der Waals surface area contributed by atoms with E-state index in [1.807, 2.05) is 6.92 Å². The summed E-state index contributed by atoms with van der Waals surface area (Å²) >= 11 is 0. The zero-order valence-corrected chi connectivity index (χ0v) is 6.63. The van der Waals surface area contributed by atoms with Crippen LogP contribution in [0.4, 0.5) is 0 Å². The van der Waals surface area contributed by atoms with Crippen LogP contribution in [0.3, 0.4) is 0 Å². The van der Waals surface area contributed by atoms with Crippen molar-refractivity contribution in [2.24, 2.45) is 11.1 Å². The van der Waals surface area contributed by atoms with Gasteiger partial charge < -0.3 is 15.2 Å². The van der Waals surface area contributed by atoms with Gasteiger partial charge in [-0.2, -0.15) is 0 Å². The van der Waals surface area contributed by atoms with E-state index < -0.39 is 0 Å². The third kappa shape index (κ3) is 2.17. The van der Waals surface area contributed by atoms with Gasteiger partial charge in [0.25, 0.3) is 0 Å². The first-order valence-corrected chi connectivity index (χ1v) is 3.60. The quantitative estimate of drug-likeness (QED) is 0.565. The van der Waals surface area contributed by atoms with E-state index in [9.17, 15) is 4.79 Å². The van der Waals surface area contributed by atoms with Crippen LogP contribution in [0.15, 0.2) is 0 Å². The highest BCUT2D eigenvalue weighted by Gasteiger charge is 2.34. The Labute approximate surface area is 65.7 Å². The van der Waals surface area contributed by atoms with E-state index in [2.05, 4.69) is 0 Å². The lowest BCUT2D eigenvalue weighted by Gasteiger charge is -2.37. The van der Waals surface area contributed by atoms with Crippen molar-refractivity contribution in [3.63, 3.8) is 0 Å². The van der Waals surface area contributed by atoms with Crippen molar-refractivity contribution < 1.29 is 14.3 Å². The highest BCUT2D eigenvalue weighted by atomic mass is 16.5. The fourth-order valence-corrected chi connectivity index (χ4v) is 0.848. The number of carbonyl (C=O) groups is 1. The number of hydrogen-bond donors (Lipinski definition) is 1. The summed E-state index contributed by atoms with van der Waals surface area (Å²) in [5, 5.41) is 0. The summed E-state index contributed by atoms with van der Waals surface area (Å²) in [7, 11) is 0. The molecule has 1 saturated heterocycles. The molecule has 0 aliphatic carbocycles. The van der Waals surface area contributed by atoms with E-state index in [0.29, 0.717) is 19.8 Å². The van der Waals surface area contributed by atoms with Gasteiger partial charge in [-0.15, -0.1) is 0 Å². The summed E-state index contributed by atoms with van der Waals surface area (Å²) in [5.41, 5.74) is 5.09. The minimum atomic E-state index is -0.349. The fourth-order valence-electron chi connectivity index (χ4n) is 0.848. The maximum atomic E-state index is 10.6. The van der Waals surface area contributed by atoms with E-state index in [4.69, 9.17) is 15.2 Å². The van der Waals surface area contributed by atoms with E-state index in [1.165, 1.54) is 0 Å². The van der Waals surface area contributed by atoms with Gasteiger partial charge in [-0.05, 0) is 0 Å². The maximum absolute atomic E-state index is 10.6. The molecule has 64 valence electrons. The average molecular weight is 159 g/mol. The van der Waals surface area contributed by atoms with Crippen LogP contribution in [0, 0.1) is 5.41 Å². The Kier molecular flexibility index (Phi) is 2.46. The van der Waals surface area contributed by atoms with Crippen molar-refractivity contribution >= 4 is 5.97 Å². The molecule has 4 heteroatoms. The molecule has 0 spiro atoms. The molecule has 0 saturated carbocycles. The monoisotopic (exact) mass is 159 g/mol. The number of carbonyl (C=O) groups excluding carboxylic acids is 1. The first-order chi connectivity index (χ1) is 5.16. The van der Waals surface area contributed by atoms with Crippen molar-refractivity contribution in [1.29, 1.82) is 0 Å². The second kappa shape index (κ2) is 3.19. The van der Waals surface area contributed by atoms with Gasteiger partial charge in [0, 0.05) is 5.41 Å². The molecule has 0 aromatic carbocycles. The van der Waals surface area contributed by atoms with Crippen LogP contribution < -0.4 is 5.73 Å². The van der Waals surface area contributed by atoms with Crippen LogP contribution in [-0.2, 0) is 14.3 Å². The zero-order valence-electron chi connectivity index (χ0n) is 6.63. The van der Waals surface area contributed by atoms with Crippen molar-refractivity contribution in [2.45, 2.75) is 6.92 Å². The Balaban J connectivity index is 2.16. The Bertz CT molecular complexity index is 154. The molecule has 1 heterocycles. The molecular formula is C7H13NO3. The number of esters is 1. The molecule has 0 radical (unpaired) electrons. The fraction of sp³-hybridized carbons (Fsp3) is 0.857. The smallest absolute Gasteiger partial charge is 0.319 e. The number of ether oxygens (including phenoxy) is 2. The van der Waals surface area contributed by atoms with Gasteiger partial charge in [0.1, 0.15) is 6.61 Å². The van der Waals surface area contributed by atoms with Crippen LogP contribution in [0.25, 0.3) is 0 Å². The number of rotatable bonds is 3. The lowest BCUT2D eigenvalue weighted by molar-refractivity contribution is -0.163. The van der Waals surface area contributed by atoms with Crippen molar-refractivity contribution in [1.82, 2.24) is 0 Å². The molecule has 2 N–H and O–H groups in total. The average Bonchev–Trinajstić information content (AvgIpc) is 1.96. The van der Waals surface area contributed by atoms with E-state index in [-0.39, 0.29) is 17.9 Å². The summed E-state index contributed by atoms with van der Waals surface area (Å²) < 4.78 is 9.84. The molecule has 1 fully saturated rings. The Morgan fingerprint density at radius 2 is 2.36 bits per heavy atom. The first kappa shape index (κ1) is 8.49. The number of hydrogen-bond acceptors (Lipinski definition) is 4. The molecule has 1 rings (SSSR count). The molecular weight excluding hydrogens is 146 g/mol. The molecule has 1 aliphatic rings. The standard InChI is InChI=1S/C7H13NO3/c1-7(3-10-4-7)5-11-6(9)2-8/h2-5,8H2,1H3. The maximum Gasteiger partial charge on any atom is 0.319 e. The van der Waals surface area contributed by atoms with E-state index in [0.717, 1.165) is 0 Å². The molecule has 0 atom stereocenters. The van der Waals surface area contributed by atoms with Gasteiger partial charge in [-0.3, -0.25) is 4.79 Å².